The van der Waals surface area contributed by atoms with Crippen molar-refractivity contribution < 1.29 is 29.1 Å². The fourth-order valence-corrected chi connectivity index (χ4v) is 5.65. The van der Waals surface area contributed by atoms with Crippen molar-refractivity contribution in [2.75, 3.05) is 26.8 Å². The van der Waals surface area contributed by atoms with Gasteiger partial charge in [0.1, 0.15) is 17.0 Å². The summed E-state index contributed by atoms with van der Waals surface area (Å²) in [7, 11) is 1.98. The number of carbonyl (C=O) groups excluding carboxylic acids is 3. The SMILES string of the molecule is C#CCCCON(C(=O)[C@H](C(=O)N[C@H]1CCCCN1C)[C@@H](C)CC)[C@H](C[C@@H](O)c1nc(C(=O)OCC)cs1)C(C)C. The minimum atomic E-state index is -1.06. The third-order valence-electron chi connectivity index (χ3n) is 7.58. The Morgan fingerprint density at radius 3 is 2.63 bits per heavy atom. The van der Waals surface area contributed by atoms with Crippen molar-refractivity contribution in [2.24, 2.45) is 17.8 Å². The molecule has 1 aliphatic heterocycles. The summed E-state index contributed by atoms with van der Waals surface area (Å²) in [5.74, 6) is -0.0588. The molecule has 1 saturated heterocycles. The number of piperidine rings is 1. The molecule has 2 N–H and O–H groups in total. The quantitative estimate of drug-likeness (QED) is 0.0965. The van der Waals surface area contributed by atoms with Crippen LogP contribution in [-0.2, 0) is 19.2 Å². The summed E-state index contributed by atoms with van der Waals surface area (Å²) in [6, 6.07) is -0.574. The molecular weight excluding hydrogens is 544 g/mol. The summed E-state index contributed by atoms with van der Waals surface area (Å²) in [6.45, 7) is 10.7. The van der Waals surface area contributed by atoms with Gasteiger partial charge in [0.25, 0.3) is 5.91 Å². The van der Waals surface area contributed by atoms with Gasteiger partial charge >= 0.3 is 5.97 Å². The Morgan fingerprint density at radius 1 is 1.29 bits per heavy atom. The average Bonchev–Trinajstić information content (AvgIpc) is 3.44. The Labute approximate surface area is 249 Å². The van der Waals surface area contributed by atoms with Crippen molar-refractivity contribution in [3.05, 3.63) is 16.1 Å². The van der Waals surface area contributed by atoms with Crippen molar-refractivity contribution >= 4 is 29.1 Å². The summed E-state index contributed by atoms with van der Waals surface area (Å²) in [4.78, 5) is 52.4. The molecule has 0 bridgehead atoms. The molecule has 0 aromatic carbocycles. The zero-order chi connectivity index (χ0) is 30.5. The van der Waals surface area contributed by atoms with Crippen molar-refractivity contribution in [1.29, 1.82) is 0 Å². The number of ether oxygens (including phenoxy) is 1. The number of hydrogen-bond donors (Lipinski definition) is 2. The summed E-state index contributed by atoms with van der Waals surface area (Å²) < 4.78 is 5.01. The van der Waals surface area contributed by atoms with E-state index >= 15 is 0 Å². The minimum absolute atomic E-state index is 0.106. The van der Waals surface area contributed by atoms with Crippen LogP contribution >= 0.6 is 11.3 Å². The average molecular weight is 593 g/mol. The molecule has 2 rings (SSSR count). The van der Waals surface area contributed by atoms with Gasteiger partial charge in [0.2, 0.25) is 5.91 Å². The Hall–Kier alpha value is -2.52. The lowest BCUT2D eigenvalue weighted by Gasteiger charge is -2.38. The number of unbranched alkanes of at least 4 members (excludes halogenated alkanes) is 1. The zero-order valence-electron chi connectivity index (χ0n) is 25.4. The van der Waals surface area contributed by atoms with E-state index in [2.05, 4.69) is 21.1 Å². The Morgan fingerprint density at radius 2 is 2.02 bits per heavy atom. The largest absolute Gasteiger partial charge is 0.461 e. The number of aliphatic hydroxyl groups is 1. The molecular formula is C30H48N4O6S. The van der Waals surface area contributed by atoms with E-state index in [-0.39, 0.29) is 49.2 Å². The van der Waals surface area contributed by atoms with E-state index in [1.165, 1.54) is 5.06 Å². The smallest absolute Gasteiger partial charge is 0.357 e. The van der Waals surface area contributed by atoms with E-state index in [0.717, 1.165) is 37.1 Å². The fraction of sp³-hybridized carbons (Fsp3) is 0.733. The van der Waals surface area contributed by atoms with E-state index in [4.69, 9.17) is 16.0 Å². The Bertz CT molecular complexity index is 1020. The highest BCUT2D eigenvalue weighted by Gasteiger charge is 2.41. The standard InChI is InChI=1S/C30H48N4O6S/c1-8-11-14-17-40-34(23(20(4)5)18-24(35)28-31-22(19-41-28)30(38)39-10-3)29(37)26(21(6)9-2)27(36)32-25-15-12-13-16-33(25)7/h1,19-21,23-26,35H,9-18H2,2-7H3,(H,32,36)/t21-,23+,24+,25+,26-/m0/s1. The number of carbonyl (C=O) groups is 3. The number of nitrogens with one attached hydrogen (secondary N) is 1. The number of hydroxylamine groups is 2. The van der Waals surface area contributed by atoms with Gasteiger partial charge in [-0.15, -0.1) is 23.7 Å². The number of aromatic nitrogens is 1. The topological polar surface area (TPSA) is 121 Å². The lowest BCUT2D eigenvalue weighted by Crippen LogP contribution is -2.55. The number of nitrogens with zero attached hydrogens (tertiary/aromatic N) is 3. The van der Waals surface area contributed by atoms with Gasteiger partial charge in [0, 0.05) is 18.2 Å². The summed E-state index contributed by atoms with van der Waals surface area (Å²) in [5, 5.41) is 17.4. The normalized spacial score (nSPS) is 18.7. The maximum atomic E-state index is 14.2. The van der Waals surface area contributed by atoms with Gasteiger partial charge in [0.05, 0.1) is 25.4 Å². The van der Waals surface area contributed by atoms with E-state index in [1.54, 1.807) is 12.3 Å². The first kappa shape index (κ1) is 34.7. The van der Waals surface area contributed by atoms with Crippen LogP contribution in [0.3, 0.4) is 0 Å². The predicted octanol–water partition coefficient (Wildman–Crippen LogP) is 4.16. The summed E-state index contributed by atoms with van der Waals surface area (Å²) in [5.41, 5.74) is 0.131. The lowest BCUT2D eigenvalue weighted by atomic mass is 9.88. The van der Waals surface area contributed by atoms with E-state index in [9.17, 15) is 19.5 Å². The molecule has 1 aliphatic rings. The molecule has 0 unspecified atom stereocenters. The first-order valence-corrected chi connectivity index (χ1v) is 15.6. The van der Waals surface area contributed by atoms with Gasteiger partial charge in [-0.05, 0) is 58.0 Å². The van der Waals surface area contributed by atoms with Crippen LogP contribution in [-0.4, -0.2) is 76.9 Å². The molecule has 11 heteroatoms. The minimum Gasteiger partial charge on any atom is -0.461 e. The molecule has 41 heavy (non-hydrogen) atoms. The number of hydrogen-bond acceptors (Lipinski definition) is 9. The molecule has 0 aliphatic carbocycles. The number of terminal acetylenes is 1. The number of rotatable bonds is 16. The number of esters is 1. The molecule has 1 aromatic heterocycles. The van der Waals surface area contributed by atoms with Crippen LogP contribution in [0.5, 0.6) is 0 Å². The predicted molar refractivity (Wildman–Crippen MR) is 158 cm³/mol. The summed E-state index contributed by atoms with van der Waals surface area (Å²) in [6.07, 6.45) is 8.91. The second kappa shape index (κ2) is 17.4. The fourth-order valence-electron chi connectivity index (χ4n) is 4.87. The molecule has 10 nitrogen and oxygen atoms in total. The van der Waals surface area contributed by atoms with Crippen LogP contribution in [0.4, 0.5) is 0 Å². The molecule has 5 atom stereocenters. The number of likely N-dealkylation sites (tertiary alicyclic amines) is 1. The van der Waals surface area contributed by atoms with Gasteiger partial charge in [-0.2, -0.15) is 0 Å². The van der Waals surface area contributed by atoms with E-state index in [0.29, 0.717) is 24.3 Å². The monoisotopic (exact) mass is 592 g/mol. The van der Waals surface area contributed by atoms with Crippen LogP contribution in [0.25, 0.3) is 0 Å². The van der Waals surface area contributed by atoms with Gasteiger partial charge in [-0.3, -0.25) is 19.3 Å². The molecule has 1 aromatic rings. The maximum absolute atomic E-state index is 14.2. The Kier molecular flexibility index (Phi) is 14.8. The van der Waals surface area contributed by atoms with Crippen molar-refractivity contribution in [2.45, 2.75) is 97.9 Å². The van der Waals surface area contributed by atoms with E-state index in [1.807, 2.05) is 34.7 Å². The van der Waals surface area contributed by atoms with Crippen molar-refractivity contribution in [3.8, 4) is 12.3 Å². The van der Waals surface area contributed by atoms with Crippen molar-refractivity contribution in [1.82, 2.24) is 20.3 Å². The Balaban J connectivity index is 2.34. The van der Waals surface area contributed by atoms with Gasteiger partial charge in [0.15, 0.2) is 5.69 Å². The third kappa shape index (κ3) is 10.1. The van der Waals surface area contributed by atoms with Crippen LogP contribution < -0.4 is 5.32 Å². The van der Waals surface area contributed by atoms with E-state index < -0.39 is 29.9 Å². The number of aliphatic hydroxyl groups excluding tert-OH is 1. The van der Waals surface area contributed by atoms with Crippen LogP contribution in [0.15, 0.2) is 5.38 Å². The zero-order valence-corrected chi connectivity index (χ0v) is 26.2. The first-order valence-electron chi connectivity index (χ1n) is 14.8. The highest BCUT2D eigenvalue weighted by Crippen LogP contribution is 2.30. The molecule has 0 radical (unpaired) electrons. The lowest BCUT2D eigenvalue weighted by molar-refractivity contribution is -0.214. The molecule has 1 fully saturated rings. The third-order valence-corrected chi connectivity index (χ3v) is 8.53. The van der Waals surface area contributed by atoms with Gasteiger partial charge < -0.3 is 15.2 Å². The second-order valence-electron chi connectivity index (χ2n) is 11.0. The molecule has 2 heterocycles. The number of amides is 2. The molecule has 0 saturated carbocycles. The first-order chi connectivity index (χ1) is 19.5. The van der Waals surface area contributed by atoms with Gasteiger partial charge in [-0.25, -0.2) is 14.8 Å². The highest BCUT2D eigenvalue weighted by atomic mass is 32.1. The molecule has 230 valence electrons. The second-order valence-corrected chi connectivity index (χ2v) is 11.9. The maximum Gasteiger partial charge on any atom is 0.357 e. The van der Waals surface area contributed by atoms with Crippen molar-refractivity contribution in [3.63, 3.8) is 0 Å². The van der Waals surface area contributed by atoms with Gasteiger partial charge in [-0.1, -0.05) is 34.1 Å². The molecule has 0 spiro atoms. The molecule has 2 amide bonds. The van der Waals surface area contributed by atoms with Crippen LogP contribution in [0, 0.1) is 30.1 Å². The van der Waals surface area contributed by atoms with Crippen LogP contribution in [0.1, 0.15) is 101 Å². The number of thiazole rings is 1. The van der Waals surface area contributed by atoms with Crippen LogP contribution in [0.2, 0.25) is 0 Å². The summed E-state index contributed by atoms with van der Waals surface area (Å²) >= 11 is 1.15. The highest BCUT2D eigenvalue weighted by molar-refractivity contribution is 7.09.